The zero-order chi connectivity index (χ0) is 29.0. The Kier molecular flexibility index (Phi) is 9.03. The van der Waals surface area contributed by atoms with Gasteiger partial charge >= 0.3 is 0 Å². The van der Waals surface area contributed by atoms with Crippen LogP contribution in [0.15, 0.2) is 96.7 Å². The molecule has 0 atom stereocenters. The number of para-hydroxylation sites is 1. The lowest BCUT2D eigenvalue weighted by Crippen LogP contribution is -2.27. The van der Waals surface area contributed by atoms with E-state index in [1.54, 1.807) is 0 Å². The second kappa shape index (κ2) is 12.5. The van der Waals surface area contributed by atoms with Crippen molar-refractivity contribution in [2.45, 2.75) is 38.5 Å². The van der Waals surface area contributed by atoms with Crippen LogP contribution in [0, 0.1) is 0 Å². The van der Waals surface area contributed by atoms with Gasteiger partial charge in [-0.3, -0.25) is 0 Å². The van der Waals surface area contributed by atoms with Gasteiger partial charge in [0, 0.05) is 34.5 Å². The Balaban J connectivity index is 1.45. The molecule has 2 aliphatic heterocycles. The van der Waals surface area contributed by atoms with E-state index in [4.69, 9.17) is 14.8 Å². The molecule has 214 valence electrons. The van der Waals surface area contributed by atoms with Crippen molar-refractivity contribution in [3.8, 4) is 0 Å². The van der Waals surface area contributed by atoms with Gasteiger partial charge in [0.05, 0.1) is 23.3 Å². The largest absolute Gasteiger partial charge is 0.332 e. The first-order valence-electron chi connectivity index (χ1n) is 13.1. The Morgan fingerprint density at radius 3 is 2.37 bits per heavy atom. The van der Waals surface area contributed by atoms with Crippen LogP contribution in [0.25, 0.3) is 10.8 Å². The zero-order valence-corrected chi connectivity index (χ0v) is 24.9. The summed E-state index contributed by atoms with van der Waals surface area (Å²) in [6.45, 7) is 8.84. The molecule has 0 radical (unpaired) electrons. The average molecular weight is 594 g/mol. The van der Waals surface area contributed by atoms with Crippen molar-refractivity contribution in [2.24, 2.45) is 0 Å². The van der Waals surface area contributed by atoms with Crippen LogP contribution in [0.2, 0.25) is 0 Å². The molecule has 0 saturated carbocycles. The minimum atomic E-state index is -0.280. The fraction of sp³-hybridized carbons (Fsp3) is 0.258. The fourth-order valence-electron chi connectivity index (χ4n) is 6.00. The van der Waals surface area contributed by atoms with E-state index in [-0.39, 0.29) is 10.8 Å². The van der Waals surface area contributed by atoms with Crippen molar-refractivity contribution in [3.05, 3.63) is 108 Å². The van der Waals surface area contributed by atoms with Crippen LogP contribution >= 0.6 is 24.1 Å². The predicted octanol–water partition coefficient (Wildman–Crippen LogP) is 8.06. The smallest absolute Gasteiger partial charge is 0.223 e. The number of hydrogen-bond donors (Lipinski definition) is 2. The Labute approximate surface area is 248 Å². The summed E-state index contributed by atoms with van der Waals surface area (Å²) >= 11 is 2.03. The molecule has 0 saturated heterocycles. The lowest BCUT2D eigenvalue weighted by Gasteiger charge is -2.26. The standard InChI is InChI=1S/C31H32N2O6S2/c1-30(2)24-14-10-11-15-25(24)32(20-40-38-36-34)27(30)16-6-5-7-17-28-31(3,4)29-23-13-9-8-12-22(23)18-19-26(29)33(28)21-41-39-37-35/h5-19H,20-21H2,1-4H3,(H-,34,35)/p+1. The van der Waals surface area contributed by atoms with Gasteiger partial charge in [-0.25, -0.2) is 10.5 Å². The zero-order valence-electron chi connectivity index (χ0n) is 23.3. The molecule has 3 aromatic carbocycles. The molecule has 2 N–H and O–H groups in total. The van der Waals surface area contributed by atoms with Crippen molar-refractivity contribution in [2.75, 3.05) is 16.7 Å². The van der Waals surface area contributed by atoms with E-state index in [0.29, 0.717) is 11.8 Å². The van der Waals surface area contributed by atoms with Crippen LogP contribution in [0.5, 0.6) is 0 Å². The molecule has 2 heterocycles. The fourth-order valence-corrected chi connectivity index (χ4v) is 6.94. The van der Waals surface area contributed by atoms with Gasteiger partial charge in [0.25, 0.3) is 0 Å². The van der Waals surface area contributed by atoms with Crippen LogP contribution in [-0.4, -0.2) is 32.6 Å². The van der Waals surface area contributed by atoms with E-state index >= 15 is 0 Å². The van der Waals surface area contributed by atoms with Gasteiger partial charge in [0.2, 0.25) is 11.6 Å². The van der Waals surface area contributed by atoms with Crippen molar-refractivity contribution < 1.29 is 33.8 Å². The Morgan fingerprint density at radius 2 is 1.56 bits per heavy atom. The number of benzene rings is 3. The highest BCUT2D eigenvalue weighted by molar-refractivity contribution is 7.94. The summed E-state index contributed by atoms with van der Waals surface area (Å²) in [6.07, 6.45) is 10.3. The number of anilines is 1. The molecule has 5 rings (SSSR count). The van der Waals surface area contributed by atoms with E-state index in [1.165, 1.54) is 21.9 Å². The third-order valence-electron chi connectivity index (χ3n) is 7.80. The maximum atomic E-state index is 8.68. The van der Waals surface area contributed by atoms with Crippen LogP contribution in [-0.2, 0) is 29.6 Å². The number of fused-ring (bicyclic) bond motifs is 4. The van der Waals surface area contributed by atoms with Gasteiger partial charge in [0.1, 0.15) is 12.0 Å². The molecule has 0 unspecified atom stereocenters. The maximum absolute atomic E-state index is 8.68. The SMILES string of the molecule is CC1(C)C(=CC=CC=CC2=[N+](CSOOO)c3ccc4ccccc4c3C2(C)C)N(CSOOO)c2ccccc21. The first-order chi connectivity index (χ1) is 19.8. The molecule has 0 bridgehead atoms. The number of nitrogens with zero attached hydrogens (tertiary/aromatic N) is 2. The first kappa shape index (κ1) is 29.6. The van der Waals surface area contributed by atoms with Gasteiger partial charge in [-0.15, -0.1) is 8.67 Å². The summed E-state index contributed by atoms with van der Waals surface area (Å²) in [7, 11) is 0. The maximum Gasteiger partial charge on any atom is 0.223 e. The van der Waals surface area contributed by atoms with Crippen LogP contribution in [0.4, 0.5) is 11.4 Å². The summed E-state index contributed by atoms with van der Waals surface area (Å²) in [5, 5.41) is 27.3. The quantitative estimate of drug-likeness (QED) is 0.0573. The summed E-state index contributed by atoms with van der Waals surface area (Å²) in [6, 6.07) is 21.0. The Bertz CT molecular complexity index is 1550. The molecule has 2 aliphatic rings. The van der Waals surface area contributed by atoms with Gasteiger partial charge in [0.15, 0.2) is 5.71 Å². The molecule has 0 amide bonds. The van der Waals surface area contributed by atoms with Crippen molar-refractivity contribution in [1.82, 2.24) is 0 Å². The highest BCUT2D eigenvalue weighted by Gasteiger charge is 2.45. The van der Waals surface area contributed by atoms with Crippen LogP contribution in [0.3, 0.4) is 0 Å². The van der Waals surface area contributed by atoms with Crippen LogP contribution in [0.1, 0.15) is 38.8 Å². The third-order valence-corrected chi connectivity index (χ3v) is 8.85. The third kappa shape index (κ3) is 5.62. The van der Waals surface area contributed by atoms with E-state index in [0.717, 1.165) is 46.9 Å². The highest BCUT2D eigenvalue weighted by atomic mass is 32.2. The number of allylic oxidation sites excluding steroid dienone is 6. The second-order valence-corrected chi connectivity index (χ2v) is 12.0. The van der Waals surface area contributed by atoms with E-state index < -0.39 is 0 Å². The van der Waals surface area contributed by atoms with E-state index in [2.05, 4.69) is 112 Å². The van der Waals surface area contributed by atoms with Crippen molar-refractivity contribution in [3.63, 3.8) is 0 Å². The predicted molar refractivity (Wildman–Crippen MR) is 165 cm³/mol. The summed E-state index contributed by atoms with van der Waals surface area (Å²) in [5.74, 6) is 0.878. The Morgan fingerprint density at radius 1 is 0.829 bits per heavy atom. The normalized spacial score (nSPS) is 18.4. The monoisotopic (exact) mass is 593 g/mol. The molecular formula is C31H33N2O6S2+. The van der Waals surface area contributed by atoms with Crippen molar-refractivity contribution in [1.29, 1.82) is 0 Å². The molecular weight excluding hydrogens is 560 g/mol. The second-order valence-electron chi connectivity index (χ2n) is 10.8. The average Bonchev–Trinajstić information content (AvgIpc) is 3.32. The molecule has 0 fully saturated rings. The first-order valence-corrected chi connectivity index (χ1v) is 14.9. The number of rotatable bonds is 11. The molecule has 0 aliphatic carbocycles. The Hall–Kier alpha value is -2.93. The summed E-state index contributed by atoms with van der Waals surface area (Å²) in [5.41, 5.74) is 6.36. The topological polar surface area (TPSA) is 83.6 Å². The van der Waals surface area contributed by atoms with Crippen molar-refractivity contribution >= 4 is 51.9 Å². The molecule has 0 aromatic heterocycles. The summed E-state index contributed by atoms with van der Waals surface area (Å²) in [4.78, 5) is 2.16. The summed E-state index contributed by atoms with van der Waals surface area (Å²) < 4.78 is 11.6. The number of hydrogen-bond acceptors (Lipinski definition) is 9. The molecule has 3 aromatic rings. The van der Waals surface area contributed by atoms with Gasteiger partial charge < -0.3 is 4.90 Å². The lowest BCUT2D eigenvalue weighted by atomic mass is 9.79. The van der Waals surface area contributed by atoms with Crippen LogP contribution < -0.4 is 4.90 Å². The van der Waals surface area contributed by atoms with E-state index in [1.807, 2.05) is 30.4 Å². The minimum absolute atomic E-state index is 0.223. The van der Waals surface area contributed by atoms with E-state index in [9.17, 15) is 0 Å². The molecule has 41 heavy (non-hydrogen) atoms. The van der Waals surface area contributed by atoms with Gasteiger partial charge in [-0.2, -0.15) is 4.58 Å². The van der Waals surface area contributed by atoms with Gasteiger partial charge in [-0.05, 0) is 48.4 Å². The minimum Gasteiger partial charge on any atom is -0.332 e. The molecule has 8 nitrogen and oxygen atoms in total. The molecule has 0 spiro atoms. The molecule has 10 heteroatoms. The highest BCUT2D eigenvalue weighted by Crippen LogP contribution is 2.48. The van der Waals surface area contributed by atoms with Gasteiger partial charge in [-0.1, -0.05) is 84.6 Å². The lowest BCUT2D eigenvalue weighted by molar-refractivity contribution is -0.443.